The molecule has 15 heteroatoms. The van der Waals surface area contributed by atoms with Crippen LogP contribution in [0.3, 0.4) is 0 Å². The predicted octanol–water partition coefficient (Wildman–Crippen LogP) is 6.40. The van der Waals surface area contributed by atoms with Crippen molar-refractivity contribution < 1.29 is 14.6 Å². The van der Waals surface area contributed by atoms with Crippen molar-refractivity contribution in [3.05, 3.63) is 112 Å². The Balaban J connectivity index is 1.11. The van der Waals surface area contributed by atoms with Gasteiger partial charge in [-0.15, -0.1) is 0 Å². The lowest BCUT2D eigenvalue weighted by Gasteiger charge is -2.25. The summed E-state index contributed by atoms with van der Waals surface area (Å²) in [4.78, 5) is 40.4. The summed E-state index contributed by atoms with van der Waals surface area (Å²) in [5.41, 5.74) is 3.85. The number of nitrogens with zero attached hydrogens (tertiary/aromatic N) is 10. The number of rotatable bonds is 16. The van der Waals surface area contributed by atoms with E-state index in [-0.39, 0.29) is 17.9 Å². The average Bonchev–Trinajstić information content (AvgIpc) is 3.84. The third-order valence-corrected chi connectivity index (χ3v) is 8.09. The number of para-hydroxylation sites is 1. The van der Waals surface area contributed by atoms with Crippen LogP contribution in [0.4, 0.5) is 17.6 Å². The molecule has 4 aromatic heterocycles. The largest absolute Gasteiger partial charge is 0.434 e. The monoisotopic (exact) mass is 650 g/mol. The average molecular weight is 651 g/mol. The number of nitro groups is 2. The number of aryl methyl sites for hydroxylation is 3. The van der Waals surface area contributed by atoms with Crippen LogP contribution < -0.4 is 9.64 Å². The molecule has 0 atom stereocenters. The molecule has 0 fully saturated rings. The van der Waals surface area contributed by atoms with E-state index in [2.05, 4.69) is 41.5 Å². The van der Waals surface area contributed by atoms with E-state index in [1.807, 2.05) is 55.7 Å². The molecular formula is C33H34N10O5. The number of unbranched alkanes of at least 4 members (excludes halogenated alkanes) is 2. The van der Waals surface area contributed by atoms with Gasteiger partial charge < -0.3 is 34.4 Å². The van der Waals surface area contributed by atoms with E-state index in [1.54, 1.807) is 27.7 Å². The Morgan fingerprint density at radius 3 is 2.02 bits per heavy atom. The van der Waals surface area contributed by atoms with E-state index < -0.39 is 9.85 Å². The maximum Gasteiger partial charge on any atom is 0.434 e. The molecule has 6 rings (SSSR count). The summed E-state index contributed by atoms with van der Waals surface area (Å²) in [7, 11) is 2.01. The van der Waals surface area contributed by atoms with Crippen molar-refractivity contribution in [2.24, 2.45) is 7.05 Å². The minimum Gasteiger partial charge on any atom is -0.424 e. The topological polar surface area (TPSA) is 165 Å². The first-order valence-corrected chi connectivity index (χ1v) is 15.6. The molecule has 0 aliphatic carbocycles. The summed E-state index contributed by atoms with van der Waals surface area (Å²) < 4.78 is 11.2. The molecule has 4 heterocycles. The molecule has 0 aliphatic rings. The van der Waals surface area contributed by atoms with Crippen molar-refractivity contribution >= 4 is 28.5 Å². The minimum atomic E-state index is -0.481. The highest BCUT2D eigenvalue weighted by molar-refractivity contribution is 5.95. The molecule has 0 bridgehead atoms. The standard InChI is InChI=1S/C33H34N10O5/c1-38-24-28(27-8-2-3-9-30(27)38)29-14-15-34-31(37-29)48-26-12-10-25(11-13-26)39(18-4-6-20-40-22-16-35-32(40)42(44)45)19-5-7-21-41-23-17-36-33(41)43(46)47/h2-3,8-17,22-24H,4-7,18-21H2,1H3. The van der Waals surface area contributed by atoms with Gasteiger partial charge in [0.05, 0.1) is 18.8 Å². The number of fused-ring (bicyclic) bond motifs is 1. The Labute approximate surface area is 275 Å². The van der Waals surface area contributed by atoms with Crippen LogP contribution in [0, 0.1) is 20.2 Å². The van der Waals surface area contributed by atoms with Gasteiger partial charge in [-0.05, 0) is 71.9 Å². The number of hydrogen-bond donors (Lipinski definition) is 0. The molecule has 0 amide bonds. The lowest BCUT2D eigenvalue weighted by molar-refractivity contribution is -0.396. The Morgan fingerprint density at radius 1 is 0.771 bits per heavy atom. The van der Waals surface area contributed by atoms with Crippen LogP contribution in [0.25, 0.3) is 22.2 Å². The molecule has 0 saturated heterocycles. The SMILES string of the molecule is Cn1cc(-c2ccnc(Oc3ccc(N(CCCCn4ccnc4[N+](=O)[O-])CCCCn4ccnc4[N+](=O)[O-])cc3)n2)c2ccccc21. The van der Waals surface area contributed by atoms with Crippen molar-refractivity contribution in [3.63, 3.8) is 0 Å². The second kappa shape index (κ2) is 14.5. The van der Waals surface area contributed by atoms with Gasteiger partial charge in [0.2, 0.25) is 0 Å². The van der Waals surface area contributed by atoms with Crippen molar-refractivity contribution in [1.29, 1.82) is 0 Å². The molecule has 0 aliphatic heterocycles. The lowest BCUT2D eigenvalue weighted by Crippen LogP contribution is -2.26. The van der Waals surface area contributed by atoms with Gasteiger partial charge in [-0.25, -0.2) is 14.1 Å². The first-order chi connectivity index (χ1) is 23.4. The minimum absolute atomic E-state index is 0.164. The van der Waals surface area contributed by atoms with E-state index in [0.29, 0.717) is 31.9 Å². The smallest absolute Gasteiger partial charge is 0.424 e. The summed E-state index contributed by atoms with van der Waals surface area (Å²) >= 11 is 0. The zero-order chi connectivity index (χ0) is 33.5. The Bertz CT molecular complexity index is 1960. The van der Waals surface area contributed by atoms with Crippen molar-refractivity contribution in [2.75, 3.05) is 18.0 Å². The molecular weight excluding hydrogens is 616 g/mol. The van der Waals surface area contributed by atoms with Crippen LogP contribution in [0.1, 0.15) is 25.7 Å². The van der Waals surface area contributed by atoms with Gasteiger partial charge in [0.1, 0.15) is 30.5 Å². The lowest BCUT2D eigenvalue weighted by atomic mass is 10.1. The summed E-state index contributed by atoms with van der Waals surface area (Å²) in [6, 6.07) is 18.0. The quantitative estimate of drug-likeness (QED) is 0.0649. The van der Waals surface area contributed by atoms with Gasteiger partial charge in [-0.2, -0.15) is 4.98 Å². The van der Waals surface area contributed by atoms with Gasteiger partial charge in [-0.3, -0.25) is 0 Å². The van der Waals surface area contributed by atoms with E-state index >= 15 is 0 Å². The number of hydrogen-bond acceptors (Lipinski definition) is 10. The van der Waals surface area contributed by atoms with Crippen LogP contribution in [0.15, 0.2) is 91.8 Å². The van der Waals surface area contributed by atoms with Crippen LogP contribution in [-0.2, 0) is 20.1 Å². The maximum atomic E-state index is 11.2. The maximum absolute atomic E-state index is 11.2. The van der Waals surface area contributed by atoms with Gasteiger partial charge in [0.25, 0.3) is 0 Å². The number of benzene rings is 2. The van der Waals surface area contributed by atoms with Gasteiger partial charge in [0.15, 0.2) is 0 Å². The molecule has 0 radical (unpaired) electrons. The second-order valence-electron chi connectivity index (χ2n) is 11.2. The fraction of sp³-hybridized carbons (Fsp3) is 0.273. The first kappa shape index (κ1) is 31.8. The molecule has 0 N–H and O–H groups in total. The molecule has 48 heavy (non-hydrogen) atoms. The van der Waals surface area contributed by atoms with E-state index in [1.165, 1.54) is 12.4 Å². The third-order valence-electron chi connectivity index (χ3n) is 8.09. The second-order valence-corrected chi connectivity index (χ2v) is 11.2. The first-order valence-electron chi connectivity index (χ1n) is 15.6. The zero-order valence-electron chi connectivity index (χ0n) is 26.3. The summed E-state index contributed by atoms with van der Waals surface area (Å²) in [5.74, 6) is 0.263. The van der Waals surface area contributed by atoms with Gasteiger partial charge in [0, 0.05) is 54.7 Å². The fourth-order valence-corrected chi connectivity index (χ4v) is 5.75. The Morgan fingerprint density at radius 2 is 1.40 bits per heavy atom. The summed E-state index contributed by atoms with van der Waals surface area (Å²) in [6.07, 6.45) is 12.9. The third kappa shape index (κ3) is 7.30. The van der Waals surface area contributed by atoms with Crippen LogP contribution in [-0.4, -0.2) is 56.6 Å². The van der Waals surface area contributed by atoms with Crippen molar-refractivity contribution in [2.45, 2.75) is 38.8 Å². The number of ether oxygens (including phenoxy) is 1. The van der Waals surface area contributed by atoms with E-state index in [9.17, 15) is 20.2 Å². The van der Waals surface area contributed by atoms with Gasteiger partial charge in [-0.1, -0.05) is 28.2 Å². The Hall–Kier alpha value is -6.12. The molecule has 6 aromatic rings. The highest BCUT2D eigenvalue weighted by Gasteiger charge is 2.16. The van der Waals surface area contributed by atoms with E-state index in [0.717, 1.165) is 53.5 Å². The molecule has 15 nitrogen and oxygen atoms in total. The molecule has 246 valence electrons. The Kier molecular flexibility index (Phi) is 9.64. The fourth-order valence-electron chi connectivity index (χ4n) is 5.75. The van der Waals surface area contributed by atoms with E-state index in [4.69, 9.17) is 4.74 Å². The normalized spacial score (nSPS) is 11.2. The molecule has 2 aromatic carbocycles. The summed E-state index contributed by atoms with van der Waals surface area (Å²) in [5, 5.41) is 23.5. The van der Waals surface area contributed by atoms with Gasteiger partial charge >= 0.3 is 17.9 Å². The zero-order valence-corrected chi connectivity index (χ0v) is 26.3. The van der Waals surface area contributed by atoms with Crippen LogP contribution >= 0.6 is 0 Å². The van der Waals surface area contributed by atoms with Crippen LogP contribution in [0.5, 0.6) is 11.8 Å². The molecule has 0 saturated carbocycles. The molecule has 0 spiro atoms. The number of aromatic nitrogens is 7. The van der Waals surface area contributed by atoms with Crippen molar-refractivity contribution in [1.82, 2.24) is 33.6 Å². The number of anilines is 1. The highest BCUT2D eigenvalue weighted by Crippen LogP contribution is 2.30. The molecule has 0 unspecified atom stereocenters. The highest BCUT2D eigenvalue weighted by atomic mass is 16.6. The predicted molar refractivity (Wildman–Crippen MR) is 179 cm³/mol. The van der Waals surface area contributed by atoms with Crippen molar-refractivity contribution in [3.8, 4) is 23.0 Å². The number of imidazole rings is 2. The summed E-state index contributed by atoms with van der Waals surface area (Å²) in [6.45, 7) is 2.40. The van der Waals surface area contributed by atoms with Crippen LogP contribution in [0.2, 0.25) is 0 Å².